The second-order valence-corrected chi connectivity index (χ2v) is 7.91. The summed E-state index contributed by atoms with van der Waals surface area (Å²) in [6.07, 6.45) is 8.62. The fraction of sp³-hybridized carbons (Fsp3) is 0.682. The third-order valence-corrected chi connectivity index (χ3v) is 4.84. The van der Waals surface area contributed by atoms with Gasteiger partial charge in [-0.3, -0.25) is 0 Å². The molecule has 0 heterocycles. The molecule has 3 nitrogen and oxygen atoms in total. The number of rotatable bonds is 12. The summed E-state index contributed by atoms with van der Waals surface area (Å²) >= 11 is 0. The quantitative estimate of drug-likeness (QED) is 0.457. The number of hydrogen-bond donors (Lipinski definition) is 1. The minimum absolute atomic E-state index is 0.0213. The standard InChI is InChI=1S/C22H36O3/c1-17(2)9-7-10-18(3)11-8-12-19(4)15-16-25-22(24)20-13-5-6-14-21(20)23/h5-6,13-14,17-19,23H,7-12,15-16H2,1-4H3. The van der Waals surface area contributed by atoms with Crippen molar-refractivity contribution in [2.45, 2.75) is 72.6 Å². The van der Waals surface area contributed by atoms with Gasteiger partial charge in [-0.15, -0.1) is 0 Å². The summed E-state index contributed by atoms with van der Waals surface area (Å²) in [5, 5.41) is 9.65. The van der Waals surface area contributed by atoms with E-state index in [0.29, 0.717) is 12.5 Å². The molecule has 142 valence electrons. The number of carbonyl (C=O) groups is 1. The Kier molecular flexibility index (Phi) is 10.3. The van der Waals surface area contributed by atoms with Crippen molar-refractivity contribution in [3.8, 4) is 5.75 Å². The van der Waals surface area contributed by atoms with E-state index < -0.39 is 5.97 Å². The van der Waals surface area contributed by atoms with Crippen molar-refractivity contribution in [2.24, 2.45) is 17.8 Å². The van der Waals surface area contributed by atoms with E-state index in [4.69, 9.17) is 4.74 Å². The molecule has 1 N–H and O–H groups in total. The second-order valence-electron chi connectivity index (χ2n) is 7.91. The first-order valence-electron chi connectivity index (χ1n) is 9.85. The SMILES string of the molecule is CC(C)CCCC(C)CCCC(C)CCOC(=O)c1ccccc1O. The van der Waals surface area contributed by atoms with Crippen LogP contribution in [-0.4, -0.2) is 17.7 Å². The Balaban J connectivity index is 2.11. The molecule has 0 aliphatic carbocycles. The Labute approximate surface area is 153 Å². The zero-order valence-corrected chi connectivity index (χ0v) is 16.5. The van der Waals surface area contributed by atoms with Crippen LogP contribution in [0.15, 0.2) is 24.3 Å². The summed E-state index contributed by atoms with van der Waals surface area (Å²) in [6, 6.07) is 6.50. The molecule has 2 atom stereocenters. The Morgan fingerprint density at radius 2 is 1.48 bits per heavy atom. The van der Waals surface area contributed by atoms with Crippen LogP contribution in [-0.2, 0) is 4.74 Å². The van der Waals surface area contributed by atoms with Crippen LogP contribution >= 0.6 is 0 Å². The Morgan fingerprint density at radius 1 is 0.920 bits per heavy atom. The normalized spacial score (nSPS) is 13.6. The highest BCUT2D eigenvalue weighted by Gasteiger charge is 2.12. The molecule has 0 spiro atoms. The molecule has 0 fully saturated rings. The van der Waals surface area contributed by atoms with Gasteiger partial charge in [0.25, 0.3) is 0 Å². The minimum atomic E-state index is -0.441. The van der Waals surface area contributed by atoms with Gasteiger partial charge in [0.15, 0.2) is 0 Å². The molecule has 0 aliphatic heterocycles. The molecule has 0 radical (unpaired) electrons. The topological polar surface area (TPSA) is 46.5 Å². The maximum atomic E-state index is 11.9. The molecular weight excluding hydrogens is 312 g/mol. The van der Waals surface area contributed by atoms with Crippen LogP contribution in [0.5, 0.6) is 5.75 Å². The highest BCUT2D eigenvalue weighted by Crippen LogP contribution is 2.21. The lowest BCUT2D eigenvalue weighted by molar-refractivity contribution is 0.0480. The van der Waals surface area contributed by atoms with E-state index in [1.165, 1.54) is 44.6 Å². The number of carbonyl (C=O) groups excluding carboxylic acids is 1. The maximum absolute atomic E-state index is 11.9. The van der Waals surface area contributed by atoms with Gasteiger partial charge in [-0.05, 0) is 36.3 Å². The van der Waals surface area contributed by atoms with Crippen LogP contribution in [0.2, 0.25) is 0 Å². The minimum Gasteiger partial charge on any atom is -0.507 e. The average molecular weight is 349 g/mol. The fourth-order valence-electron chi connectivity index (χ4n) is 3.05. The van der Waals surface area contributed by atoms with E-state index in [0.717, 1.165) is 18.3 Å². The van der Waals surface area contributed by atoms with Gasteiger partial charge in [-0.25, -0.2) is 4.79 Å². The van der Waals surface area contributed by atoms with Crippen LogP contribution < -0.4 is 0 Å². The molecule has 0 amide bonds. The van der Waals surface area contributed by atoms with Crippen molar-refractivity contribution < 1.29 is 14.6 Å². The van der Waals surface area contributed by atoms with Crippen molar-refractivity contribution >= 4 is 5.97 Å². The third-order valence-electron chi connectivity index (χ3n) is 4.84. The molecule has 1 aromatic carbocycles. The molecule has 0 aliphatic rings. The third kappa shape index (κ3) is 9.52. The predicted octanol–water partition coefficient (Wildman–Crippen LogP) is 6.21. The molecule has 2 unspecified atom stereocenters. The number of ether oxygens (including phenoxy) is 1. The number of esters is 1. The summed E-state index contributed by atoms with van der Waals surface area (Å²) in [6.45, 7) is 9.57. The molecule has 1 aromatic rings. The van der Waals surface area contributed by atoms with Crippen LogP contribution in [0.4, 0.5) is 0 Å². The Hall–Kier alpha value is -1.51. The zero-order valence-electron chi connectivity index (χ0n) is 16.5. The molecule has 0 saturated heterocycles. The van der Waals surface area contributed by atoms with Gasteiger partial charge in [-0.2, -0.15) is 0 Å². The summed E-state index contributed by atoms with van der Waals surface area (Å²) in [5.41, 5.74) is 0.241. The van der Waals surface area contributed by atoms with Crippen LogP contribution in [0.1, 0.15) is 83.0 Å². The summed E-state index contributed by atoms with van der Waals surface area (Å²) in [4.78, 5) is 11.9. The number of aromatic hydroxyl groups is 1. The predicted molar refractivity (Wildman–Crippen MR) is 104 cm³/mol. The van der Waals surface area contributed by atoms with Crippen molar-refractivity contribution in [3.63, 3.8) is 0 Å². The molecule has 1 rings (SSSR count). The van der Waals surface area contributed by atoms with Gasteiger partial charge in [-0.1, -0.05) is 78.4 Å². The van der Waals surface area contributed by atoms with E-state index in [-0.39, 0.29) is 11.3 Å². The largest absolute Gasteiger partial charge is 0.507 e. The number of benzene rings is 1. The first kappa shape index (κ1) is 21.5. The second kappa shape index (κ2) is 11.9. The number of phenolic OH excluding ortho intramolecular Hbond substituents is 1. The molecule has 3 heteroatoms. The highest BCUT2D eigenvalue weighted by molar-refractivity contribution is 5.92. The number of phenols is 1. The lowest BCUT2D eigenvalue weighted by atomic mass is 9.93. The highest BCUT2D eigenvalue weighted by atomic mass is 16.5. The Bertz CT molecular complexity index is 496. The molecule has 0 aromatic heterocycles. The molecule has 25 heavy (non-hydrogen) atoms. The summed E-state index contributed by atoms with van der Waals surface area (Å²) < 4.78 is 5.28. The first-order valence-corrected chi connectivity index (χ1v) is 9.85. The molecule has 0 bridgehead atoms. The van der Waals surface area contributed by atoms with Crippen LogP contribution in [0.25, 0.3) is 0 Å². The van der Waals surface area contributed by atoms with Crippen molar-refractivity contribution in [1.82, 2.24) is 0 Å². The van der Waals surface area contributed by atoms with Gasteiger partial charge >= 0.3 is 5.97 Å². The van der Waals surface area contributed by atoms with E-state index in [9.17, 15) is 9.90 Å². The number of para-hydroxylation sites is 1. The van der Waals surface area contributed by atoms with Crippen molar-refractivity contribution in [2.75, 3.05) is 6.61 Å². The zero-order chi connectivity index (χ0) is 18.7. The van der Waals surface area contributed by atoms with Crippen molar-refractivity contribution in [3.05, 3.63) is 29.8 Å². The van der Waals surface area contributed by atoms with Crippen molar-refractivity contribution in [1.29, 1.82) is 0 Å². The average Bonchev–Trinajstić information content (AvgIpc) is 2.54. The van der Waals surface area contributed by atoms with Gasteiger partial charge in [0, 0.05) is 0 Å². The van der Waals surface area contributed by atoms with Crippen LogP contribution in [0.3, 0.4) is 0 Å². The van der Waals surface area contributed by atoms with E-state index in [2.05, 4.69) is 27.7 Å². The summed E-state index contributed by atoms with van der Waals surface area (Å²) in [7, 11) is 0. The monoisotopic (exact) mass is 348 g/mol. The maximum Gasteiger partial charge on any atom is 0.341 e. The smallest absolute Gasteiger partial charge is 0.341 e. The molecular formula is C22H36O3. The number of hydrogen-bond acceptors (Lipinski definition) is 3. The lowest BCUT2D eigenvalue weighted by Gasteiger charge is -2.15. The summed E-state index contributed by atoms with van der Waals surface area (Å²) in [5.74, 6) is 1.72. The van der Waals surface area contributed by atoms with Gasteiger partial charge in [0.2, 0.25) is 0 Å². The van der Waals surface area contributed by atoms with E-state index in [1.807, 2.05) is 0 Å². The first-order chi connectivity index (χ1) is 11.9. The molecule has 0 saturated carbocycles. The lowest BCUT2D eigenvalue weighted by Crippen LogP contribution is -2.09. The van der Waals surface area contributed by atoms with E-state index >= 15 is 0 Å². The van der Waals surface area contributed by atoms with Gasteiger partial charge < -0.3 is 9.84 Å². The van der Waals surface area contributed by atoms with E-state index in [1.54, 1.807) is 18.2 Å². The fourth-order valence-corrected chi connectivity index (χ4v) is 3.05. The van der Waals surface area contributed by atoms with Gasteiger partial charge in [0.05, 0.1) is 6.61 Å². The van der Waals surface area contributed by atoms with Gasteiger partial charge in [0.1, 0.15) is 11.3 Å². The Morgan fingerprint density at radius 3 is 2.08 bits per heavy atom. The van der Waals surface area contributed by atoms with Crippen LogP contribution in [0, 0.1) is 17.8 Å².